The molecule has 1 aliphatic carbocycles. The highest BCUT2D eigenvalue weighted by molar-refractivity contribution is 7.92. The van der Waals surface area contributed by atoms with Gasteiger partial charge in [0.05, 0.1) is 25.1 Å². The average molecular weight is 479 g/mol. The highest BCUT2D eigenvalue weighted by Crippen LogP contribution is 2.34. The van der Waals surface area contributed by atoms with Crippen molar-refractivity contribution in [1.82, 2.24) is 5.32 Å². The standard InChI is InChI=1S/C24H31ClN2O4S/c1-5-21(19-11-10-17-8-6-7-9-18(17)14-19)26-24(28)16(2)27(32(4,29)30)22-15-20(25)12-13-23(22)31-3/h10-16,21H,5-9H2,1-4H3,(H,26,28)/t16-,21-/m1/s1. The SMILES string of the molecule is CC[C@@H](NC(=O)[C@@H](C)N(c1cc(Cl)ccc1OC)S(C)(=O)=O)c1ccc2c(c1)CCCC2. The lowest BCUT2D eigenvalue weighted by molar-refractivity contribution is -0.122. The number of hydrogen-bond donors (Lipinski definition) is 1. The minimum Gasteiger partial charge on any atom is -0.495 e. The number of halogens is 1. The molecule has 0 unspecified atom stereocenters. The zero-order valence-electron chi connectivity index (χ0n) is 19.0. The molecule has 0 radical (unpaired) electrons. The van der Waals surface area contributed by atoms with Gasteiger partial charge >= 0.3 is 0 Å². The Morgan fingerprint density at radius 1 is 1.16 bits per heavy atom. The fourth-order valence-electron chi connectivity index (χ4n) is 4.30. The maximum atomic E-state index is 13.2. The van der Waals surface area contributed by atoms with Crippen LogP contribution in [-0.4, -0.2) is 33.7 Å². The predicted molar refractivity (Wildman–Crippen MR) is 129 cm³/mol. The Bertz CT molecular complexity index is 1090. The minimum atomic E-state index is -3.80. The molecule has 1 aliphatic rings. The van der Waals surface area contributed by atoms with Crippen molar-refractivity contribution < 1.29 is 17.9 Å². The third kappa shape index (κ3) is 5.38. The molecule has 32 heavy (non-hydrogen) atoms. The quantitative estimate of drug-likeness (QED) is 0.599. The van der Waals surface area contributed by atoms with E-state index in [4.69, 9.17) is 16.3 Å². The van der Waals surface area contributed by atoms with Crippen molar-refractivity contribution in [1.29, 1.82) is 0 Å². The number of anilines is 1. The summed E-state index contributed by atoms with van der Waals surface area (Å²) in [5, 5.41) is 3.39. The second kappa shape index (κ2) is 10.1. The predicted octanol–water partition coefficient (Wildman–Crippen LogP) is 4.65. The zero-order chi connectivity index (χ0) is 23.5. The van der Waals surface area contributed by atoms with Gasteiger partial charge in [-0.25, -0.2) is 8.42 Å². The van der Waals surface area contributed by atoms with Crippen molar-refractivity contribution >= 4 is 33.2 Å². The van der Waals surface area contributed by atoms with Gasteiger partial charge in [-0.05, 0) is 73.9 Å². The molecule has 1 N–H and O–H groups in total. The number of nitrogens with zero attached hydrogens (tertiary/aromatic N) is 1. The Morgan fingerprint density at radius 3 is 2.47 bits per heavy atom. The molecule has 2 atom stereocenters. The molecule has 0 spiro atoms. The van der Waals surface area contributed by atoms with E-state index in [1.165, 1.54) is 37.1 Å². The van der Waals surface area contributed by atoms with Gasteiger partial charge < -0.3 is 10.1 Å². The van der Waals surface area contributed by atoms with Gasteiger partial charge in [-0.15, -0.1) is 0 Å². The van der Waals surface area contributed by atoms with Crippen molar-refractivity contribution in [3.05, 3.63) is 58.1 Å². The number of carbonyl (C=O) groups excluding carboxylic acids is 1. The molecule has 3 rings (SSSR count). The van der Waals surface area contributed by atoms with E-state index in [0.29, 0.717) is 17.2 Å². The summed E-state index contributed by atoms with van der Waals surface area (Å²) in [6, 6.07) is 9.89. The van der Waals surface area contributed by atoms with Gasteiger partial charge in [-0.1, -0.05) is 36.7 Å². The lowest BCUT2D eigenvalue weighted by atomic mass is 9.88. The monoisotopic (exact) mass is 478 g/mol. The molecule has 8 heteroatoms. The van der Waals surface area contributed by atoms with Crippen LogP contribution in [0.2, 0.25) is 5.02 Å². The lowest BCUT2D eigenvalue weighted by Gasteiger charge is -2.31. The number of benzene rings is 2. The summed E-state index contributed by atoms with van der Waals surface area (Å²) in [4.78, 5) is 13.2. The van der Waals surface area contributed by atoms with Crippen LogP contribution in [0.1, 0.15) is 55.8 Å². The van der Waals surface area contributed by atoms with E-state index in [2.05, 4.69) is 23.5 Å². The lowest BCUT2D eigenvalue weighted by Crippen LogP contribution is -2.48. The second-order valence-corrected chi connectivity index (χ2v) is 10.6. The first-order chi connectivity index (χ1) is 15.2. The van der Waals surface area contributed by atoms with Crippen molar-refractivity contribution in [3.8, 4) is 5.75 Å². The molecular formula is C24H31ClN2O4S. The van der Waals surface area contributed by atoms with Crippen LogP contribution >= 0.6 is 11.6 Å². The van der Waals surface area contributed by atoms with E-state index in [-0.39, 0.29) is 17.6 Å². The molecule has 6 nitrogen and oxygen atoms in total. The van der Waals surface area contributed by atoms with Crippen LogP contribution in [0.15, 0.2) is 36.4 Å². The summed E-state index contributed by atoms with van der Waals surface area (Å²) in [5.41, 5.74) is 3.99. The van der Waals surface area contributed by atoms with E-state index in [0.717, 1.165) is 29.0 Å². The molecule has 2 aromatic rings. The number of nitrogens with one attached hydrogen (secondary N) is 1. The summed E-state index contributed by atoms with van der Waals surface area (Å²) >= 11 is 6.12. The number of aryl methyl sites for hydroxylation is 2. The van der Waals surface area contributed by atoms with E-state index in [9.17, 15) is 13.2 Å². The van der Waals surface area contributed by atoms with Crippen LogP contribution in [0.25, 0.3) is 0 Å². The van der Waals surface area contributed by atoms with Crippen molar-refractivity contribution in [2.24, 2.45) is 0 Å². The summed E-state index contributed by atoms with van der Waals surface area (Å²) in [6.45, 7) is 3.57. The van der Waals surface area contributed by atoms with Crippen LogP contribution in [0, 0.1) is 0 Å². The molecular weight excluding hydrogens is 448 g/mol. The number of carbonyl (C=O) groups is 1. The van der Waals surface area contributed by atoms with Gasteiger partial charge in [0.25, 0.3) is 0 Å². The van der Waals surface area contributed by atoms with Crippen molar-refractivity contribution in [2.45, 2.75) is 58.0 Å². The first-order valence-corrected chi connectivity index (χ1v) is 13.1. The van der Waals surface area contributed by atoms with Crippen LogP contribution in [-0.2, 0) is 27.7 Å². The van der Waals surface area contributed by atoms with Crippen molar-refractivity contribution in [3.63, 3.8) is 0 Å². The summed E-state index contributed by atoms with van der Waals surface area (Å²) < 4.78 is 31.8. The highest BCUT2D eigenvalue weighted by Gasteiger charge is 2.32. The second-order valence-electron chi connectivity index (χ2n) is 8.26. The Hall–Kier alpha value is -2.25. The van der Waals surface area contributed by atoms with Crippen molar-refractivity contribution in [2.75, 3.05) is 17.7 Å². The van der Waals surface area contributed by atoms with Gasteiger partial charge in [0, 0.05) is 5.02 Å². The fourth-order valence-corrected chi connectivity index (χ4v) is 5.64. The molecule has 1 amide bonds. The van der Waals surface area contributed by atoms with Crippen LogP contribution < -0.4 is 14.4 Å². The Balaban J connectivity index is 1.88. The first-order valence-electron chi connectivity index (χ1n) is 10.9. The van der Waals surface area contributed by atoms with Crippen LogP contribution in [0.4, 0.5) is 5.69 Å². The topological polar surface area (TPSA) is 75.7 Å². The minimum absolute atomic E-state index is 0.208. The molecule has 0 saturated heterocycles. The summed E-state index contributed by atoms with van der Waals surface area (Å²) in [6.07, 6.45) is 6.31. The summed E-state index contributed by atoms with van der Waals surface area (Å²) in [5.74, 6) is -0.0665. The number of amides is 1. The molecule has 0 saturated carbocycles. The van der Waals surface area contributed by atoms with Gasteiger partial charge in [0.2, 0.25) is 15.9 Å². The molecule has 0 aromatic heterocycles. The smallest absolute Gasteiger partial charge is 0.244 e. The zero-order valence-corrected chi connectivity index (χ0v) is 20.6. The number of ether oxygens (including phenoxy) is 1. The van der Waals surface area contributed by atoms with E-state index in [1.807, 2.05) is 6.92 Å². The Labute approximate surface area is 196 Å². The first kappa shape index (κ1) is 24.4. The third-order valence-electron chi connectivity index (χ3n) is 5.97. The number of sulfonamides is 1. The maximum absolute atomic E-state index is 13.2. The summed E-state index contributed by atoms with van der Waals surface area (Å²) in [7, 11) is -2.35. The number of methoxy groups -OCH3 is 1. The highest BCUT2D eigenvalue weighted by atomic mass is 35.5. The number of hydrogen-bond acceptors (Lipinski definition) is 4. The van der Waals surface area contributed by atoms with E-state index < -0.39 is 16.1 Å². The van der Waals surface area contributed by atoms with Gasteiger partial charge in [-0.3, -0.25) is 9.10 Å². The number of rotatable bonds is 8. The molecule has 2 aromatic carbocycles. The van der Waals surface area contributed by atoms with E-state index >= 15 is 0 Å². The van der Waals surface area contributed by atoms with E-state index in [1.54, 1.807) is 19.1 Å². The Kier molecular flexibility index (Phi) is 7.72. The molecule has 0 bridgehead atoms. The average Bonchev–Trinajstić information content (AvgIpc) is 2.76. The largest absolute Gasteiger partial charge is 0.495 e. The normalized spacial score (nSPS) is 15.4. The molecule has 0 aliphatic heterocycles. The molecule has 174 valence electrons. The maximum Gasteiger partial charge on any atom is 0.244 e. The van der Waals surface area contributed by atoms with Gasteiger partial charge in [-0.2, -0.15) is 0 Å². The Morgan fingerprint density at radius 2 is 1.84 bits per heavy atom. The molecule has 0 fully saturated rings. The van der Waals surface area contributed by atoms with Crippen LogP contribution in [0.5, 0.6) is 5.75 Å². The number of fused-ring (bicyclic) bond motifs is 1. The van der Waals surface area contributed by atoms with Gasteiger partial charge in [0.1, 0.15) is 11.8 Å². The molecule has 0 heterocycles. The van der Waals surface area contributed by atoms with Crippen LogP contribution in [0.3, 0.4) is 0 Å². The third-order valence-corrected chi connectivity index (χ3v) is 7.43. The van der Waals surface area contributed by atoms with Gasteiger partial charge in [0.15, 0.2) is 0 Å². The fraction of sp³-hybridized carbons (Fsp3) is 0.458.